The lowest BCUT2D eigenvalue weighted by Gasteiger charge is -2.39. The second-order valence-electron chi connectivity index (χ2n) is 11.2. The molecule has 0 atom stereocenters. The van der Waals surface area contributed by atoms with Gasteiger partial charge in [0.15, 0.2) is 0 Å². The molecule has 2 fully saturated rings. The molecule has 2 aliphatic rings. The zero-order valence-corrected chi connectivity index (χ0v) is 25.6. The Balaban J connectivity index is 0.00000441. The number of hydrogen-bond donors (Lipinski definition) is 0. The zero-order valence-electron chi connectivity index (χ0n) is 23.9. The average molecular weight is 593 g/mol. The number of carbonyl (C=O) groups is 1. The van der Waals surface area contributed by atoms with Gasteiger partial charge in [0.05, 0.1) is 6.26 Å². The number of likely N-dealkylation sites (tertiary alicyclic amines) is 1. The van der Waals surface area contributed by atoms with E-state index in [1.54, 1.807) is 24.3 Å². The maximum absolute atomic E-state index is 13.3. The molecule has 0 unspecified atom stereocenters. The Bertz CT molecular complexity index is 1140. The molecule has 0 aromatic heterocycles. The van der Waals surface area contributed by atoms with Crippen LogP contribution < -0.4 is 8.92 Å². The molecule has 1 saturated heterocycles. The number of ether oxygens (including phenoxy) is 1. The minimum Gasteiger partial charge on any atom is -0.457 e. The van der Waals surface area contributed by atoms with Crippen molar-refractivity contribution in [3.05, 3.63) is 54.1 Å². The first kappa shape index (κ1) is 32.2. The van der Waals surface area contributed by atoms with E-state index in [9.17, 15) is 13.2 Å². The third-order valence-corrected chi connectivity index (χ3v) is 8.39. The number of rotatable bonds is 12. The Labute approximate surface area is 246 Å². The van der Waals surface area contributed by atoms with E-state index in [0.29, 0.717) is 23.6 Å². The Hall–Kier alpha value is -2.29. The van der Waals surface area contributed by atoms with Gasteiger partial charge >= 0.3 is 10.1 Å². The lowest BCUT2D eigenvalue weighted by Crippen LogP contribution is -2.48. The van der Waals surface area contributed by atoms with Crippen molar-refractivity contribution in [3.8, 4) is 17.2 Å². The van der Waals surface area contributed by atoms with Gasteiger partial charge in [-0.1, -0.05) is 44.7 Å². The molecular weight excluding hydrogens is 548 g/mol. The van der Waals surface area contributed by atoms with Gasteiger partial charge in [0.1, 0.15) is 17.2 Å². The molecular formula is C31H45ClN2O5S. The highest BCUT2D eigenvalue weighted by Gasteiger charge is 2.29. The van der Waals surface area contributed by atoms with E-state index >= 15 is 0 Å². The summed E-state index contributed by atoms with van der Waals surface area (Å²) >= 11 is 0. The van der Waals surface area contributed by atoms with Crippen LogP contribution in [0.4, 0.5) is 0 Å². The fourth-order valence-electron chi connectivity index (χ4n) is 5.78. The normalized spacial score (nSPS) is 17.1. The maximum Gasteiger partial charge on any atom is 0.306 e. The zero-order chi connectivity index (χ0) is 27.7. The largest absolute Gasteiger partial charge is 0.457 e. The fraction of sp³-hybridized carbons (Fsp3) is 0.581. The first-order valence-corrected chi connectivity index (χ1v) is 16.4. The van der Waals surface area contributed by atoms with E-state index < -0.39 is 10.1 Å². The van der Waals surface area contributed by atoms with Gasteiger partial charge in [0.2, 0.25) is 5.91 Å². The molecule has 0 spiro atoms. The van der Waals surface area contributed by atoms with Crippen molar-refractivity contribution in [2.24, 2.45) is 5.92 Å². The van der Waals surface area contributed by atoms with E-state index in [2.05, 4.69) is 28.9 Å². The third kappa shape index (κ3) is 10.3. The number of benzene rings is 2. The van der Waals surface area contributed by atoms with Crippen LogP contribution in [0.3, 0.4) is 0 Å². The van der Waals surface area contributed by atoms with Gasteiger partial charge in [-0.2, -0.15) is 8.42 Å². The molecule has 2 aromatic rings. The van der Waals surface area contributed by atoms with Crippen molar-refractivity contribution in [1.29, 1.82) is 0 Å². The standard InChI is InChI=1S/C31H44N2O5S.ClH/c1-3-4-20-33(31(34)23-25-8-6-5-7-9-25)27-18-21-32(22-19-27)24-26-10-12-28(13-11-26)37-29-14-16-30(17-15-29)38-39(2,35)36;/h10-17,25,27H,3-9,18-24H2,1-2H3;1H. The van der Waals surface area contributed by atoms with Gasteiger partial charge in [-0.25, -0.2) is 0 Å². The Morgan fingerprint density at radius 2 is 1.48 bits per heavy atom. The summed E-state index contributed by atoms with van der Waals surface area (Å²) in [4.78, 5) is 18.0. The minimum absolute atomic E-state index is 0. The van der Waals surface area contributed by atoms with E-state index in [-0.39, 0.29) is 18.2 Å². The van der Waals surface area contributed by atoms with Crippen molar-refractivity contribution < 1.29 is 22.1 Å². The molecule has 40 heavy (non-hydrogen) atoms. The molecule has 222 valence electrons. The number of halogens is 1. The average Bonchev–Trinajstić information content (AvgIpc) is 2.92. The van der Waals surface area contributed by atoms with Gasteiger partial charge < -0.3 is 13.8 Å². The van der Waals surface area contributed by atoms with Crippen LogP contribution >= 0.6 is 12.4 Å². The summed E-state index contributed by atoms with van der Waals surface area (Å²) in [5.41, 5.74) is 1.23. The van der Waals surface area contributed by atoms with Gasteiger partial charge in [-0.15, -0.1) is 12.4 Å². The van der Waals surface area contributed by atoms with Crippen LogP contribution in [0, 0.1) is 5.92 Å². The van der Waals surface area contributed by atoms with Crippen LogP contribution in [0.15, 0.2) is 48.5 Å². The molecule has 0 radical (unpaired) electrons. The first-order valence-electron chi connectivity index (χ1n) is 14.6. The van der Waals surface area contributed by atoms with Crippen molar-refractivity contribution >= 4 is 28.4 Å². The van der Waals surface area contributed by atoms with E-state index in [4.69, 9.17) is 8.92 Å². The topological polar surface area (TPSA) is 76.2 Å². The molecule has 0 N–H and O–H groups in total. The van der Waals surface area contributed by atoms with Crippen molar-refractivity contribution in [2.45, 2.75) is 83.7 Å². The summed E-state index contributed by atoms with van der Waals surface area (Å²) in [6.07, 6.45) is 12.4. The smallest absolute Gasteiger partial charge is 0.306 e. The van der Waals surface area contributed by atoms with Gasteiger partial charge in [-0.3, -0.25) is 9.69 Å². The summed E-state index contributed by atoms with van der Waals surface area (Å²) in [7, 11) is -3.55. The van der Waals surface area contributed by atoms with Gasteiger partial charge in [0.25, 0.3) is 0 Å². The monoisotopic (exact) mass is 592 g/mol. The number of hydrogen-bond acceptors (Lipinski definition) is 6. The summed E-state index contributed by atoms with van der Waals surface area (Å²) in [5.74, 6) is 2.57. The minimum atomic E-state index is -3.55. The van der Waals surface area contributed by atoms with Crippen LogP contribution in [0.1, 0.15) is 76.7 Å². The molecule has 9 heteroatoms. The van der Waals surface area contributed by atoms with Gasteiger partial charge in [0, 0.05) is 38.6 Å². The first-order chi connectivity index (χ1) is 18.8. The lowest BCUT2D eigenvalue weighted by atomic mass is 9.86. The molecule has 1 saturated carbocycles. The van der Waals surface area contributed by atoms with Crippen LogP contribution in [0.5, 0.6) is 17.2 Å². The van der Waals surface area contributed by atoms with Gasteiger partial charge in [-0.05, 0) is 80.0 Å². The van der Waals surface area contributed by atoms with Crippen molar-refractivity contribution in [3.63, 3.8) is 0 Å². The molecule has 7 nitrogen and oxygen atoms in total. The number of nitrogens with zero attached hydrogens (tertiary/aromatic N) is 2. The van der Waals surface area contributed by atoms with Crippen LogP contribution in [0.25, 0.3) is 0 Å². The Morgan fingerprint density at radius 1 is 0.900 bits per heavy atom. The summed E-state index contributed by atoms with van der Waals surface area (Å²) in [5, 5.41) is 0. The molecule has 2 aromatic carbocycles. The van der Waals surface area contributed by atoms with E-state index in [1.165, 1.54) is 37.7 Å². The van der Waals surface area contributed by atoms with Crippen molar-refractivity contribution in [1.82, 2.24) is 9.80 Å². The lowest BCUT2D eigenvalue weighted by molar-refractivity contribution is -0.136. The molecule has 4 rings (SSSR count). The number of carbonyl (C=O) groups excluding carboxylic acids is 1. The molecule has 1 amide bonds. The predicted molar refractivity (Wildman–Crippen MR) is 162 cm³/mol. The van der Waals surface area contributed by atoms with Crippen LogP contribution in [-0.2, 0) is 21.5 Å². The highest BCUT2D eigenvalue weighted by Crippen LogP contribution is 2.29. The fourth-order valence-corrected chi connectivity index (χ4v) is 6.24. The Morgan fingerprint density at radius 3 is 2.05 bits per heavy atom. The van der Waals surface area contributed by atoms with E-state index in [1.807, 2.05) is 12.1 Å². The third-order valence-electron chi connectivity index (χ3n) is 7.90. The van der Waals surface area contributed by atoms with Crippen LogP contribution in [-0.4, -0.2) is 56.1 Å². The number of amides is 1. The Kier molecular flexibility index (Phi) is 12.6. The second-order valence-corrected chi connectivity index (χ2v) is 12.7. The molecule has 1 aliphatic carbocycles. The summed E-state index contributed by atoms with van der Waals surface area (Å²) < 4.78 is 33.3. The predicted octanol–water partition coefficient (Wildman–Crippen LogP) is 6.80. The quantitative estimate of drug-likeness (QED) is 0.252. The number of piperidine rings is 1. The highest BCUT2D eigenvalue weighted by molar-refractivity contribution is 7.86. The molecule has 1 aliphatic heterocycles. The summed E-state index contributed by atoms with van der Waals surface area (Å²) in [6.45, 7) is 6.00. The SMILES string of the molecule is CCCCN(C(=O)CC1CCCCC1)C1CCN(Cc2ccc(Oc3ccc(OS(C)(=O)=O)cc3)cc2)CC1.Cl. The second kappa shape index (κ2) is 15.6. The maximum atomic E-state index is 13.3. The molecule has 0 bridgehead atoms. The van der Waals surface area contributed by atoms with Crippen molar-refractivity contribution in [2.75, 3.05) is 25.9 Å². The highest BCUT2D eigenvalue weighted by atomic mass is 35.5. The van der Waals surface area contributed by atoms with Crippen LogP contribution in [0.2, 0.25) is 0 Å². The molecule has 1 heterocycles. The van der Waals surface area contributed by atoms with E-state index in [0.717, 1.165) is 70.3 Å². The number of unbranched alkanes of at least 4 members (excludes halogenated alkanes) is 1. The summed E-state index contributed by atoms with van der Waals surface area (Å²) in [6, 6.07) is 15.0.